The molecule has 2 saturated heterocycles. The Kier molecular flexibility index (Phi) is 6.97. The van der Waals surface area contributed by atoms with Gasteiger partial charge in [0.2, 0.25) is 5.91 Å². The van der Waals surface area contributed by atoms with Crippen LogP contribution in [0.25, 0.3) is 0 Å². The second-order valence-electron chi connectivity index (χ2n) is 8.09. The molecule has 2 fully saturated rings. The summed E-state index contributed by atoms with van der Waals surface area (Å²) >= 11 is 0. The smallest absolute Gasteiger partial charge is 0.236 e. The van der Waals surface area contributed by atoms with E-state index in [-0.39, 0.29) is 5.91 Å². The zero-order valence-electron chi connectivity index (χ0n) is 17.8. The van der Waals surface area contributed by atoms with Crippen molar-refractivity contribution in [1.29, 1.82) is 0 Å². The van der Waals surface area contributed by atoms with Crippen LogP contribution in [0.2, 0.25) is 0 Å². The second-order valence-corrected chi connectivity index (χ2v) is 8.09. The van der Waals surface area contributed by atoms with Crippen molar-refractivity contribution in [3.63, 3.8) is 0 Å². The van der Waals surface area contributed by atoms with Gasteiger partial charge in [-0.15, -0.1) is 0 Å². The summed E-state index contributed by atoms with van der Waals surface area (Å²) < 4.78 is 10.8. The Labute approximate surface area is 178 Å². The number of ether oxygens (including phenoxy) is 2. The van der Waals surface area contributed by atoms with Crippen LogP contribution in [-0.4, -0.2) is 73.7 Å². The summed E-state index contributed by atoms with van der Waals surface area (Å²) in [4.78, 5) is 21.7. The summed E-state index contributed by atoms with van der Waals surface area (Å²) in [6.07, 6.45) is 2.85. The Hall–Kier alpha value is -2.44. The van der Waals surface area contributed by atoms with Crippen LogP contribution in [0.1, 0.15) is 35.7 Å². The van der Waals surface area contributed by atoms with E-state index in [1.165, 1.54) is 5.69 Å². The zero-order chi connectivity index (χ0) is 20.8. The van der Waals surface area contributed by atoms with Gasteiger partial charge < -0.3 is 14.4 Å². The van der Waals surface area contributed by atoms with Crippen LogP contribution in [0, 0.1) is 0 Å². The number of likely N-dealkylation sites (tertiary alicyclic amines) is 1. The molecule has 0 aliphatic carbocycles. The highest BCUT2D eigenvalue weighted by atomic mass is 16.5. The van der Waals surface area contributed by atoms with Gasteiger partial charge >= 0.3 is 0 Å². The number of hydrogen-bond donors (Lipinski definition) is 0. The number of carbonyl (C=O) groups excluding carboxylic acids is 1. The number of nitrogens with zero attached hydrogens (tertiary/aromatic N) is 3. The Balaban J connectivity index is 1.32. The SMILES string of the molecule is COc1ccccc1Cc1cccc(C2CCN(CC(=O)N3CCOCC3)CC2)n1. The molecule has 0 saturated carbocycles. The lowest BCUT2D eigenvalue weighted by atomic mass is 9.92. The van der Waals surface area contributed by atoms with Gasteiger partial charge in [0.1, 0.15) is 5.75 Å². The fraction of sp³-hybridized carbons (Fsp3) is 0.500. The number of rotatable bonds is 6. The second kappa shape index (κ2) is 10.0. The molecular weight excluding hydrogens is 378 g/mol. The number of aromatic nitrogens is 1. The summed E-state index contributed by atoms with van der Waals surface area (Å²) in [5.74, 6) is 1.59. The lowest BCUT2D eigenvalue weighted by molar-refractivity contribution is -0.136. The number of morpholine rings is 1. The molecule has 2 aromatic rings. The minimum Gasteiger partial charge on any atom is -0.496 e. The topological polar surface area (TPSA) is 54.9 Å². The third-order valence-electron chi connectivity index (χ3n) is 6.12. The van der Waals surface area contributed by atoms with Crippen LogP contribution in [-0.2, 0) is 16.0 Å². The lowest BCUT2D eigenvalue weighted by Crippen LogP contribution is -2.47. The predicted octanol–water partition coefficient (Wildman–Crippen LogP) is 2.72. The van der Waals surface area contributed by atoms with Crippen molar-refractivity contribution in [1.82, 2.24) is 14.8 Å². The number of amides is 1. The van der Waals surface area contributed by atoms with Gasteiger partial charge in [-0.05, 0) is 44.1 Å². The molecule has 1 aromatic carbocycles. The summed E-state index contributed by atoms with van der Waals surface area (Å²) in [7, 11) is 1.71. The van der Waals surface area contributed by atoms with Crippen molar-refractivity contribution < 1.29 is 14.3 Å². The first-order chi connectivity index (χ1) is 14.7. The third kappa shape index (κ3) is 5.18. The van der Waals surface area contributed by atoms with Crippen LogP contribution >= 0.6 is 0 Å². The Morgan fingerprint density at radius 1 is 1.07 bits per heavy atom. The maximum atomic E-state index is 12.5. The van der Waals surface area contributed by atoms with Crippen molar-refractivity contribution in [2.75, 3.05) is 53.0 Å². The number of para-hydroxylation sites is 1. The van der Waals surface area contributed by atoms with Gasteiger partial charge in [0.05, 0.1) is 26.9 Å². The molecule has 1 aromatic heterocycles. The first kappa shape index (κ1) is 20.8. The molecule has 0 N–H and O–H groups in total. The molecule has 6 heteroatoms. The van der Waals surface area contributed by atoms with Crippen LogP contribution in [0.4, 0.5) is 0 Å². The summed E-state index contributed by atoms with van der Waals surface area (Å²) in [6, 6.07) is 14.5. The quantitative estimate of drug-likeness (QED) is 0.734. The number of methoxy groups -OCH3 is 1. The van der Waals surface area contributed by atoms with E-state index in [0.717, 1.165) is 62.4 Å². The zero-order valence-corrected chi connectivity index (χ0v) is 17.8. The number of piperidine rings is 1. The van der Waals surface area contributed by atoms with Gasteiger partial charge in [-0.25, -0.2) is 0 Å². The fourth-order valence-corrected chi connectivity index (χ4v) is 4.36. The normalized spacial score (nSPS) is 18.4. The Morgan fingerprint density at radius 3 is 2.60 bits per heavy atom. The highest BCUT2D eigenvalue weighted by Gasteiger charge is 2.25. The van der Waals surface area contributed by atoms with Gasteiger partial charge in [-0.3, -0.25) is 14.7 Å². The molecule has 1 amide bonds. The molecule has 0 spiro atoms. The predicted molar refractivity (Wildman–Crippen MR) is 116 cm³/mol. The van der Waals surface area contributed by atoms with Crippen LogP contribution in [0.15, 0.2) is 42.5 Å². The van der Waals surface area contributed by atoms with Crippen LogP contribution in [0.3, 0.4) is 0 Å². The van der Waals surface area contributed by atoms with E-state index in [9.17, 15) is 4.79 Å². The molecule has 30 heavy (non-hydrogen) atoms. The molecule has 160 valence electrons. The minimum absolute atomic E-state index is 0.230. The maximum Gasteiger partial charge on any atom is 0.236 e. The number of hydrogen-bond acceptors (Lipinski definition) is 5. The monoisotopic (exact) mass is 409 g/mol. The van der Waals surface area contributed by atoms with E-state index in [0.29, 0.717) is 25.7 Å². The molecule has 2 aliphatic heterocycles. The number of pyridine rings is 1. The number of carbonyl (C=O) groups is 1. The van der Waals surface area contributed by atoms with E-state index in [2.05, 4.69) is 29.2 Å². The first-order valence-electron chi connectivity index (χ1n) is 10.9. The van der Waals surface area contributed by atoms with Crippen LogP contribution < -0.4 is 4.74 Å². The summed E-state index contributed by atoms with van der Waals surface area (Å²) in [6.45, 7) is 5.16. The molecule has 3 heterocycles. The fourth-order valence-electron chi connectivity index (χ4n) is 4.36. The molecule has 0 atom stereocenters. The van der Waals surface area contributed by atoms with Crippen molar-refractivity contribution in [2.45, 2.75) is 25.2 Å². The maximum absolute atomic E-state index is 12.5. The third-order valence-corrected chi connectivity index (χ3v) is 6.12. The molecule has 0 radical (unpaired) electrons. The van der Waals surface area contributed by atoms with Crippen molar-refractivity contribution in [3.8, 4) is 5.75 Å². The van der Waals surface area contributed by atoms with Gasteiger partial charge in [0, 0.05) is 42.4 Å². The van der Waals surface area contributed by atoms with Crippen molar-refractivity contribution in [2.24, 2.45) is 0 Å². The first-order valence-corrected chi connectivity index (χ1v) is 10.9. The highest BCUT2D eigenvalue weighted by molar-refractivity contribution is 5.78. The minimum atomic E-state index is 0.230. The standard InChI is InChI=1S/C24H31N3O3/c1-29-23-8-3-2-5-20(23)17-21-6-4-7-22(25-21)19-9-11-26(12-10-19)18-24(28)27-13-15-30-16-14-27/h2-8,19H,9-18H2,1H3. The van der Waals surface area contributed by atoms with E-state index in [1.807, 2.05) is 23.1 Å². The molecule has 0 bridgehead atoms. The van der Waals surface area contributed by atoms with Gasteiger partial charge in [0.25, 0.3) is 0 Å². The Bertz CT molecular complexity index is 843. The molecule has 0 unspecified atom stereocenters. The van der Waals surface area contributed by atoms with Gasteiger partial charge in [-0.1, -0.05) is 24.3 Å². The highest BCUT2D eigenvalue weighted by Crippen LogP contribution is 2.28. The van der Waals surface area contributed by atoms with E-state index in [1.54, 1.807) is 7.11 Å². The largest absolute Gasteiger partial charge is 0.496 e. The van der Waals surface area contributed by atoms with Gasteiger partial charge in [0.15, 0.2) is 0 Å². The number of benzene rings is 1. The molecule has 4 rings (SSSR count). The van der Waals surface area contributed by atoms with E-state index >= 15 is 0 Å². The van der Waals surface area contributed by atoms with E-state index in [4.69, 9.17) is 14.5 Å². The molecule has 6 nitrogen and oxygen atoms in total. The van der Waals surface area contributed by atoms with Gasteiger partial charge in [-0.2, -0.15) is 0 Å². The molecular formula is C24H31N3O3. The van der Waals surface area contributed by atoms with Crippen molar-refractivity contribution in [3.05, 3.63) is 59.4 Å². The average molecular weight is 410 g/mol. The summed E-state index contributed by atoms with van der Waals surface area (Å²) in [5, 5.41) is 0. The molecule has 2 aliphatic rings. The average Bonchev–Trinajstić information content (AvgIpc) is 2.81. The van der Waals surface area contributed by atoms with Crippen LogP contribution in [0.5, 0.6) is 5.75 Å². The lowest BCUT2D eigenvalue weighted by Gasteiger charge is -2.34. The summed E-state index contributed by atoms with van der Waals surface area (Å²) in [5.41, 5.74) is 3.39. The van der Waals surface area contributed by atoms with E-state index < -0.39 is 0 Å². The van der Waals surface area contributed by atoms with Crippen molar-refractivity contribution >= 4 is 5.91 Å². The Morgan fingerprint density at radius 2 is 1.83 bits per heavy atom.